The molecule has 2 aromatic rings. The van der Waals surface area contributed by atoms with Crippen molar-refractivity contribution in [2.24, 2.45) is 0 Å². The van der Waals surface area contributed by atoms with E-state index in [0.717, 1.165) is 18.4 Å². The van der Waals surface area contributed by atoms with Gasteiger partial charge in [-0.05, 0) is 48.4 Å². The van der Waals surface area contributed by atoms with E-state index in [-0.39, 0.29) is 24.0 Å². The maximum Gasteiger partial charge on any atom is 0.251 e. The Hall–Kier alpha value is -2.82. The molecule has 0 radical (unpaired) electrons. The van der Waals surface area contributed by atoms with Crippen molar-refractivity contribution in [1.82, 2.24) is 5.32 Å². The summed E-state index contributed by atoms with van der Waals surface area (Å²) in [6.45, 7) is 2.98. The first-order valence-electron chi connectivity index (χ1n) is 15.0. The number of benzene rings is 2. The SMILES string of the molecule is CCCCCCCCCCCCCCCCCCNC(=O)c1ccc(CC(=O)Nc2ccc(O)cc2)cc1. The molecule has 2 amide bonds. The highest BCUT2D eigenvalue weighted by atomic mass is 16.3. The molecule has 0 aromatic heterocycles. The fraction of sp³-hybridized carbons (Fsp3) is 0.576. The van der Waals surface area contributed by atoms with Crippen molar-refractivity contribution in [3.8, 4) is 5.75 Å². The molecule has 5 nitrogen and oxygen atoms in total. The van der Waals surface area contributed by atoms with Crippen molar-refractivity contribution in [1.29, 1.82) is 0 Å². The fourth-order valence-corrected chi connectivity index (χ4v) is 4.69. The van der Waals surface area contributed by atoms with Crippen LogP contribution in [0.15, 0.2) is 48.5 Å². The Balaban J connectivity index is 1.43. The predicted molar refractivity (Wildman–Crippen MR) is 159 cm³/mol. The van der Waals surface area contributed by atoms with Crippen LogP contribution in [0.3, 0.4) is 0 Å². The Kier molecular flexibility index (Phi) is 16.7. The number of amides is 2. The number of carbonyl (C=O) groups excluding carboxylic acids is 2. The van der Waals surface area contributed by atoms with Gasteiger partial charge in [-0.25, -0.2) is 0 Å². The van der Waals surface area contributed by atoms with Crippen LogP contribution in [0, 0.1) is 0 Å². The van der Waals surface area contributed by atoms with Crippen molar-refractivity contribution < 1.29 is 14.7 Å². The average molecular weight is 523 g/mol. The molecule has 3 N–H and O–H groups in total. The van der Waals surface area contributed by atoms with Crippen LogP contribution in [-0.4, -0.2) is 23.5 Å². The van der Waals surface area contributed by atoms with E-state index in [1.807, 2.05) is 12.1 Å². The number of phenolic OH excluding ortho intramolecular Hbond substituents is 1. The zero-order chi connectivity index (χ0) is 27.3. The van der Waals surface area contributed by atoms with E-state index >= 15 is 0 Å². The van der Waals surface area contributed by atoms with Crippen LogP contribution in [0.5, 0.6) is 5.75 Å². The van der Waals surface area contributed by atoms with E-state index in [9.17, 15) is 14.7 Å². The minimum atomic E-state index is -0.142. The molecule has 38 heavy (non-hydrogen) atoms. The highest BCUT2D eigenvalue weighted by Gasteiger charge is 2.08. The molecule has 0 fully saturated rings. The fourth-order valence-electron chi connectivity index (χ4n) is 4.69. The number of rotatable bonds is 21. The minimum absolute atomic E-state index is 0.0638. The monoisotopic (exact) mass is 522 g/mol. The van der Waals surface area contributed by atoms with Gasteiger partial charge in [-0.15, -0.1) is 0 Å². The van der Waals surface area contributed by atoms with Crippen molar-refractivity contribution >= 4 is 17.5 Å². The maximum atomic E-state index is 12.4. The van der Waals surface area contributed by atoms with Crippen molar-refractivity contribution in [3.63, 3.8) is 0 Å². The lowest BCUT2D eigenvalue weighted by atomic mass is 10.0. The molecule has 0 aliphatic carbocycles. The number of carbonyl (C=O) groups is 2. The smallest absolute Gasteiger partial charge is 0.251 e. The third-order valence-corrected chi connectivity index (χ3v) is 7.05. The van der Waals surface area contributed by atoms with Gasteiger partial charge in [0.15, 0.2) is 0 Å². The number of anilines is 1. The predicted octanol–water partition coefficient (Wildman–Crippen LogP) is 8.56. The Labute approximate surface area is 230 Å². The van der Waals surface area contributed by atoms with Crippen molar-refractivity contribution in [3.05, 3.63) is 59.7 Å². The average Bonchev–Trinajstić information content (AvgIpc) is 2.92. The van der Waals surface area contributed by atoms with E-state index in [4.69, 9.17) is 0 Å². The molecule has 5 heteroatoms. The summed E-state index contributed by atoms with van der Waals surface area (Å²) >= 11 is 0. The first kappa shape index (κ1) is 31.4. The molecule has 0 unspecified atom stereocenters. The van der Waals surface area contributed by atoms with Gasteiger partial charge in [0.25, 0.3) is 5.91 Å². The van der Waals surface area contributed by atoms with Crippen LogP contribution < -0.4 is 10.6 Å². The molecule has 0 aliphatic heterocycles. The number of phenols is 1. The number of unbranched alkanes of at least 4 members (excludes halogenated alkanes) is 15. The van der Waals surface area contributed by atoms with Crippen molar-refractivity contribution in [2.45, 2.75) is 116 Å². The molecule has 0 bridgehead atoms. The Morgan fingerprint density at radius 1 is 0.632 bits per heavy atom. The quantitative estimate of drug-likeness (QED) is 0.113. The van der Waals surface area contributed by atoms with Crippen LogP contribution in [0.2, 0.25) is 0 Å². The molecule has 2 rings (SSSR count). The van der Waals surface area contributed by atoms with E-state index in [2.05, 4.69) is 17.6 Å². The van der Waals surface area contributed by atoms with Crippen LogP contribution >= 0.6 is 0 Å². The molecule has 210 valence electrons. The van der Waals surface area contributed by atoms with Crippen LogP contribution in [-0.2, 0) is 11.2 Å². The van der Waals surface area contributed by atoms with E-state index in [1.165, 1.54) is 102 Å². The van der Waals surface area contributed by atoms with Gasteiger partial charge in [0, 0.05) is 17.8 Å². The standard InChI is InChI=1S/C33H50N2O3/c1-2-3-4-5-6-7-8-9-10-11-12-13-14-15-16-17-26-34-33(38)29-20-18-28(19-21-29)27-32(37)35-30-22-24-31(36)25-23-30/h18-25,36H,2-17,26-27H2,1H3,(H,34,38)(H,35,37). The largest absolute Gasteiger partial charge is 0.508 e. The summed E-state index contributed by atoms with van der Waals surface area (Å²) in [6.07, 6.45) is 21.7. The highest BCUT2D eigenvalue weighted by molar-refractivity contribution is 5.95. The van der Waals surface area contributed by atoms with Gasteiger partial charge in [0.1, 0.15) is 5.75 Å². The zero-order valence-electron chi connectivity index (χ0n) is 23.6. The summed E-state index contributed by atoms with van der Waals surface area (Å²) < 4.78 is 0. The molecule has 0 spiro atoms. The van der Waals surface area contributed by atoms with Gasteiger partial charge < -0.3 is 15.7 Å². The zero-order valence-corrected chi connectivity index (χ0v) is 23.6. The second kappa shape index (κ2) is 20.2. The second-order valence-electron chi connectivity index (χ2n) is 10.5. The van der Waals surface area contributed by atoms with Gasteiger partial charge in [0.05, 0.1) is 6.42 Å². The summed E-state index contributed by atoms with van der Waals surface area (Å²) in [4.78, 5) is 24.6. The van der Waals surface area contributed by atoms with E-state index in [1.54, 1.807) is 24.3 Å². The van der Waals surface area contributed by atoms with E-state index in [0.29, 0.717) is 17.8 Å². The molecular formula is C33H50N2O3. The number of hydrogen-bond donors (Lipinski definition) is 3. The molecule has 0 heterocycles. The summed E-state index contributed by atoms with van der Waals surface area (Å²) in [5.41, 5.74) is 2.10. The molecule has 0 atom stereocenters. The lowest BCUT2D eigenvalue weighted by molar-refractivity contribution is -0.115. The van der Waals surface area contributed by atoms with Gasteiger partial charge in [-0.2, -0.15) is 0 Å². The first-order chi connectivity index (χ1) is 18.6. The topological polar surface area (TPSA) is 78.4 Å². The molecule has 0 saturated carbocycles. The molecule has 2 aromatic carbocycles. The third-order valence-electron chi connectivity index (χ3n) is 7.05. The lowest BCUT2D eigenvalue weighted by Crippen LogP contribution is -2.24. The third kappa shape index (κ3) is 14.8. The maximum absolute atomic E-state index is 12.4. The molecule has 0 aliphatic rings. The van der Waals surface area contributed by atoms with Gasteiger partial charge in [0.2, 0.25) is 5.91 Å². The Morgan fingerprint density at radius 3 is 1.61 bits per heavy atom. The second-order valence-corrected chi connectivity index (χ2v) is 10.5. The van der Waals surface area contributed by atoms with Crippen molar-refractivity contribution in [2.75, 3.05) is 11.9 Å². The molecule has 0 saturated heterocycles. The van der Waals surface area contributed by atoms with Crippen LogP contribution in [0.4, 0.5) is 5.69 Å². The lowest BCUT2D eigenvalue weighted by Gasteiger charge is -2.08. The normalized spacial score (nSPS) is 10.9. The summed E-state index contributed by atoms with van der Waals surface area (Å²) in [5.74, 6) is -0.0471. The minimum Gasteiger partial charge on any atom is -0.508 e. The number of hydrogen-bond acceptors (Lipinski definition) is 3. The van der Waals surface area contributed by atoms with Gasteiger partial charge in [-0.3, -0.25) is 9.59 Å². The van der Waals surface area contributed by atoms with Crippen LogP contribution in [0.1, 0.15) is 126 Å². The number of aromatic hydroxyl groups is 1. The van der Waals surface area contributed by atoms with Gasteiger partial charge >= 0.3 is 0 Å². The first-order valence-corrected chi connectivity index (χ1v) is 15.0. The van der Waals surface area contributed by atoms with Crippen LogP contribution in [0.25, 0.3) is 0 Å². The highest BCUT2D eigenvalue weighted by Crippen LogP contribution is 2.15. The number of nitrogens with one attached hydrogen (secondary N) is 2. The summed E-state index contributed by atoms with van der Waals surface area (Å²) in [6, 6.07) is 13.5. The van der Waals surface area contributed by atoms with Gasteiger partial charge in [-0.1, -0.05) is 115 Å². The Bertz CT molecular complexity index is 893. The molecular weight excluding hydrogens is 472 g/mol. The summed E-state index contributed by atoms with van der Waals surface area (Å²) in [5, 5.41) is 15.1. The summed E-state index contributed by atoms with van der Waals surface area (Å²) in [7, 11) is 0. The van der Waals surface area contributed by atoms with E-state index < -0.39 is 0 Å². The Morgan fingerprint density at radius 2 is 1.11 bits per heavy atom.